The van der Waals surface area contributed by atoms with E-state index in [1.807, 2.05) is 47.4 Å². The molecule has 3 aromatic heterocycles. The van der Waals surface area contributed by atoms with Gasteiger partial charge < -0.3 is 44.0 Å². The van der Waals surface area contributed by atoms with Gasteiger partial charge in [-0.1, -0.05) is 41.9 Å². The lowest BCUT2D eigenvalue weighted by Crippen LogP contribution is -2.33. The highest BCUT2D eigenvalue weighted by Gasteiger charge is 2.30. The molecule has 0 bridgehead atoms. The SMILES string of the molecule is C=CC(=O)N1CCC(Oc2cc3c(Nc4cccc(-c5cnco5)c4)nc(/C=C\C(O)N4CCC(Oc5cc6c(Nc7ccc(Cl)c(Cl)c7)ncnc6cc5OC)C4)nc3cc2OC)C1. The summed E-state index contributed by atoms with van der Waals surface area (Å²) in [4.78, 5) is 38.7. The number of carbonyl (C=O) groups excluding carboxylic acids is 1. The minimum atomic E-state index is -0.976. The summed E-state index contributed by atoms with van der Waals surface area (Å²) in [7, 11) is 3.14. The molecule has 2 saturated heterocycles. The fourth-order valence-corrected chi connectivity index (χ4v) is 8.14. The monoisotopic (exact) mass is 915 g/mol. The summed E-state index contributed by atoms with van der Waals surface area (Å²) in [6, 6.07) is 20.2. The molecule has 7 aromatic rings. The topological polar surface area (TPSA) is 182 Å². The van der Waals surface area contributed by atoms with Crippen LogP contribution in [0.15, 0.2) is 109 Å². The number of aromatic nitrogens is 5. The summed E-state index contributed by atoms with van der Waals surface area (Å²) >= 11 is 12.4. The van der Waals surface area contributed by atoms with Gasteiger partial charge in [-0.25, -0.2) is 24.9 Å². The number of benzene rings is 4. The molecule has 2 aliphatic rings. The van der Waals surface area contributed by atoms with E-state index >= 15 is 0 Å². The first-order valence-corrected chi connectivity index (χ1v) is 21.5. The number of anilines is 4. The summed E-state index contributed by atoms with van der Waals surface area (Å²) in [6.07, 6.45) is 8.95. The van der Waals surface area contributed by atoms with E-state index in [2.05, 4.69) is 32.2 Å². The lowest BCUT2D eigenvalue weighted by Gasteiger charge is -2.21. The Morgan fingerprint density at radius 3 is 2.31 bits per heavy atom. The van der Waals surface area contributed by atoms with Crippen LogP contribution in [0.5, 0.6) is 23.0 Å². The Bertz CT molecular complexity index is 2920. The molecule has 0 aliphatic carbocycles. The Kier molecular flexibility index (Phi) is 12.7. The molecule has 3 unspecified atom stereocenters. The van der Waals surface area contributed by atoms with Crippen LogP contribution in [0.2, 0.25) is 10.0 Å². The second-order valence-corrected chi connectivity index (χ2v) is 16.1. The molecule has 0 spiro atoms. The smallest absolute Gasteiger partial charge is 0.246 e. The third kappa shape index (κ3) is 9.61. The zero-order chi connectivity index (χ0) is 45.0. The van der Waals surface area contributed by atoms with E-state index in [1.165, 1.54) is 18.8 Å². The largest absolute Gasteiger partial charge is 0.493 e. The van der Waals surface area contributed by atoms with Crippen molar-refractivity contribution in [1.29, 1.82) is 0 Å². The van der Waals surface area contributed by atoms with Crippen LogP contribution >= 0.6 is 23.2 Å². The molecular weight excluding hydrogens is 873 g/mol. The number of aliphatic hydroxyl groups excluding tert-OH is 1. The quantitative estimate of drug-likeness (QED) is 0.0830. The van der Waals surface area contributed by atoms with E-state index in [-0.39, 0.29) is 18.1 Å². The molecule has 4 aromatic carbocycles. The van der Waals surface area contributed by atoms with Crippen molar-refractivity contribution < 1.29 is 33.3 Å². The number of oxazole rings is 1. The molecule has 1 amide bonds. The van der Waals surface area contributed by atoms with Crippen LogP contribution in [-0.2, 0) is 4.79 Å². The van der Waals surface area contributed by atoms with Crippen molar-refractivity contribution in [2.24, 2.45) is 0 Å². The Hall–Kier alpha value is -6.98. The number of fused-ring (bicyclic) bond motifs is 2. The Morgan fingerprint density at radius 1 is 0.846 bits per heavy atom. The fraction of sp³-hybridized carbons (Fsp3) is 0.234. The number of ether oxygens (including phenoxy) is 4. The molecule has 5 heterocycles. The van der Waals surface area contributed by atoms with Gasteiger partial charge in [0.05, 0.1) is 48.0 Å². The number of carbonyl (C=O) groups is 1. The molecule has 2 fully saturated rings. The molecule has 3 atom stereocenters. The van der Waals surface area contributed by atoms with Crippen LogP contribution < -0.4 is 29.6 Å². The van der Waals surface area contributed by atoms with E-state index in [0.29, 0.717) is 123 Å². The molecule has 332 valence electrons. The number of likely N-dealkylation sites (tertiary alicyclic amines) is 2. The van der Waals surface area contributed by atoms with Crippen molar-refractivity contribution in [2.45, 2.75) is 31.3 Å². The molecular formula is C47H43Cl2N9O7. The first-order chi connectivity index (χ1) is 31.6. The molecule has 18 heteroatoms. The average molecular weight is 917 g/mol. The van der Waals surface area contributed by atoms with Gasteiger partial charge in [-0.2, -0.15) is 0 Å². The second kappa shape index (κ2) is 19.0. The molecule has 0 saturated carbocycles. The molecule has 0 radical (unpaired) electrons. The van der Waals surface area contributed by atoms with E-state index in [9.17, 15) is 9.90 Å². The van der Waals surface area contributed by atoms with Crippen LogP contribution in [0.1, 0.15) is 18.7 Å². The van der Waals surface area contributed by atoms with Crippen molar-refractivity contribution in [3.8, 4) is 34.3 Å². The molecule has 9 rings (SSSR count). The Labute approximate surface area is 383 Å². The van der Waals surface area contributed by atoms with Gasteiger partial charge in [0.2, 0.25) is 5.91 Å². The predicted octanol–water partition coefficient (Wildman–Crippen LogP) is 8.69. The zero-order valence-corrected chi connectivity index (χ0v) is 36.8. The van der Waals surface area contributed by atoms with Crippen molar-refractivity contribution in [3.05, 3.63) is 120 Å². The second-order valence-electron chi connectivity index (χ2n) is 15.3. The minimum absolute atomic E-state index is 0.138. The molecule has 3 N–H and O–H groups in total. The van der Waals surface area contributed by atoms with Crippen molar-refractivity contribution >= 4 is 80.0 Å². The number of hydrogen-bond acceptors (Lipinski definition) is 15. The molecule has 2 aliphatic heterocycles. The van der Waals surface area contributed by atoms with Gasteiger partial charge in [-0.05, 0) is 67.1 Å². The maximum atomic E-state index is 12.3. The molecule has 16 nitrogen and oxygen atoms in total. The van der Waals surface area contributed by atoms with Crippen LogP contribution in [0.3, 0.4) is 0 Å². The van der Waals surface area contributed by atoms with Crippen LogP contribution in [0.4, 0.5) is 23.0 Å². The van der Waals surface area contributed by atoms with Crippen LogP contribution in [0, 0.1) is 0 Å². The first-order valence-electron chi connectivity index (χ1n) is 20.7. The lowest BCUT2D eigenvalue weighted by molar-refractivity contribution is -0.125. The summed E-state index contributed by atoms with van der Waals surface area (Å²) in [5, 5.41) is 20.5. The van der Waals surface area contributed by atoms with Crippen molar-refractivity contribution in [1.82, 2.24) is 34.7 Å². The molecule has 65 heavy (non-hydrogen) atoms. The standard InChI is InChI=1S/C47H43Cl2N9O7/c1-4-44(59)57-14-12-30(23-57)64-41-19-33-37(21-39(41)62-3)55-43(56-47(33)54-28-7-5-6-27(16-28)42-22-50-26-63-42)10-11-45(60)58-15-13-31(24-58)65-40-18-32-36(20-38(40)61-2)51-25-52-46(32)53-29-8-9-34(48)35(49)17-29/h4-11,16-22,25-26,30-31,45,60H,1,12-15,23-24H2,2-3H3,(H,51,52,53)(H,54,55,56)/b11-10-. The first kappa shape index (κ1) is 43.3. The van der Waals surface area contributed by atoms with Gasteiger partial charge in [-0.3, -0.25) is 9.69 Å². The predicted molar refractivity (Wildman–Crippen MR) is 249 cm³/mol. The number of amides is 1. The number of nitrogens with zero attached hydrogens (tertiary/aromatic N) is 7. The zero-order valence-electron chi connectivity index (χ0n) is 35.3. The fourth-order valence-electron chi connectivity index (χ4n) is 7.84. The Balaban J connectivity index is 0.949. The maximum absolute atomic E-state index is 12.3. The number of aliphatic hydroxyl groups is 1. The van der Waals surface area contributed by atoms with Gasteiger partial charge >= 0.3 is 0 Å². The average Bonchev–Trinajstić information content (AvgIpc) is 4.13. The highest BCUT2D eigenvalue weighted by molar-refractivity contribution is 6.42. The van der Waals surface area contributed by atoms with E-state index < -0.39 is 6.23 Å². The van der Waals surface area contributed by atoms with Gasteiger partial charge in [0.15, 0.2) is 41.0 Å². The maximum Gasteiger partial charge on any atom is 0.246 e. The van der Waals surface area contributed by atoms with Gasteiger partial charge in [-0.15, -0.1) is 0 Å². The van der Waals surface area contributed by atoms with E-state index in [1.54, 1.807) is 61.7 Å². The highest BCUT2D eigenvalue weighted by Crippen LogP contribution is 2.39. The van der Waals surface area contributed by atoms with Gasteiger partial charge in [0, 0.05) is 65.9 Å². The third-order valence-electron chi connectivity index (χ3n) is 11.1. The minimum Gasteiger partial charge on any atom is -0.493 e. The summed E-state index contributed by atoms with van der Waals surface area (Å²) in [5.41, 5.74) is 3.49. The van der Waals surface area contributed by atoms with E-state index in [0.717, 1.165) is 11.3 Å². The van der Waals surface area contributed by atoms with Crippen molar-refractivity contribution in [2.75, 3.05) is 51.0 Å². The number of hydrogen-bond donors (Lipinski definition) is 3. The lowest BCUT2D eigenvalue weighted by atomic mass is 10.1. The third-order valence-corrected chi connectivity index (χ3v) is 11.9. The normalized spacial score (nSPS) is 16.8. The summed E-state index contributed by atoms with van der Waals surface area (Å²) in [6.45, 7) is 5.59. The van der Waals surface area contributed by atoms with E-state index in [4.69, 9.17) is 56.5 Å². The van der Waals surface area contributed by atoms with Gasteiger partial charge in [0.1, 0.15) is 36.4 Å². The van der Waals surface area contributed by atoms with Gasteiger partial charge in [0.25, 0.3) is 0 Å². The number of halogens is 2. The van der Waals surface area contributed by atoms with Crippen LogP contribution in [0.25, 0.3) is 39.2 Å². The number of nitrogens with one attached hydrogen (secondary N) is 2. The number of methoxy groups -OCH3 is 2. The summed E-state index contributed by atoms with van der Waals surface area (Å²) < 4.78 is 30.0. The van der Waals surface area contributed by atoms with Crippen molar-refractivity contribution in [3.63, 3.8) is 0 Å². The Morgan fingerprint density at radius 2 is 1.57 bits per heavy atom. The highest BCUT2D eigenvalue weighted by atomic mass is 35.5. The number of rotatable bonds is 15. The van der Waals surface area contributed by atoms with Crippen LogP contribution in [-0.4, -0.2) is 105 Å². The summed E-state index contributed by atoms with van der Waals surface area (Å²) in [5.74, 6) is 3.83.